The third-order valence-electron chi connectivity index (χ3n) is 2.51. The second-order valence-electron chi connectivity index (χ2n) is 3.99. The van der Waals surface area contributed by atoms with E-state index in [4.69, 9.17) is 0 Å². The van der Waals surface area contributed by atoms with E-state index in [0.717, 1.165) is 0 Å². The largest absolute Gasteiger partial charge is 0.313 e. The predicted octanol–water partition coefficient (Wildman–Crippen LogP) is 1.54. The summed E-state index contributed by atoms with van der Waals surface area (Å²) in [7, 11) is -3.54. The van der Waals surface area contributed by atoms with Gasteiger partial charge >= 0.3 is 0 Å². The second kappa shape index (κ2) is 6.26. The summed E-state index contributed by atoms with van der Waals surface area (Å²) in [4.78, 5) is 0.108. The van der Waals surface area contributed by atoms with Gasteiger partial charge in [-0.1, -0.05) is 13.8 Å². The first-order valence-electron chi connectivity index (χ1n) is 5.91. The first-order valence-corrected chi connectivity index (χ1v) is 7.40. The molecule has 0 bridgehead atoms. The normalized spacial score (nSPS) is 11.8. The van der Waals surface area contributed by atoms with E-state index in [1.54, 1.807) is 13.8 Å². The van der Waals surface area contributed by atoms with E-state index >= 15 is 0 Å². The van der Waals surface area contributed by atoms with Crippen molar-refractivity contribution in [2.45, 2.75) is 32.2 Å². The lowest BCUT2D eigenvalue weighted by atomic mass is 10.1. The Morgan fingerprint density at radius 3 is 2.44 bits per heavy atom. The number of aryl methyl sites for hydroxylation is 1. The molecule has 0 saturated carbocycles. The highest BCUT2D eigenvalue weighted by Crippen LogP contribution is 2.19. The number of halogens is 1. The van der Waals surface area contributed by atoms with Gasteiger partial charge < -0.3 is 5.32 Å². The maximum Gasteiger partial charge on any atom is 0.240 e. The molecule has 0 radical (unpaired) electrons. The summed E-state index contributed by atoms with van der Waals surface area (Å²) in [6.07, 6.45) is 0. The molecule has 0 aliphatic carbocycles. The molecule has 1 rings (SSSR count). The van der Waals surface area contributed by atoms with Crippen LogP contribution in [0.4, 0.5) is 4.39 Å². The Morgan fingerprint density at radius 2 is 1.89 bits per heavy atom. The zero-order chi connectivity index (χ0) is 13.8. The monoisotopic (exact) mass is 274 g/mol. The molecule has 1 aromatic carbocycles. The Balaban J connectivity index is 3.19. The second-order valence-corrected chi connectivity index (χ2v) is 5.76. The zero-order valence-electron chi connectivity index (χ0n) is 10.9. The fourth-order valence-corrected chi connectivity index (χ4v) is 2.80. The van der Waals surface area contributed by atoms with Crippen LogP contribution in [0.5, 0.6) is 0 Å². The Kier molecular flexibility index (Phi) is 5.25. The van der Waals surface area contributed by atoms with Crippen molar-refractivity contribution >= 4 is 10.0 Å². The highest BCUT2D eigenvalue weighted by Gasteiger charge is 2.17. The van der Waals surface area contributed by atoms with Crippen molar-refractivity contribution in [2.24, 2.45) is 0 Å². The van der Waals surface area contributed by atoms with Crippen molar-refractivity contribution < 1.29 is 12.8 Å². The molecule has 6 heteroatoms. The van der Waals surface area contributed by atoms with E-state index in [1.165, 1.54) is 12.1 Å². The van der Waals surface area contributed by atoms with Crippen LogP contribution in [0.3, 0.4) is 0 Å². The molecule has 0 amide bonds. The van der Waals surface area contributed by atoms with Crippen molar-refractivity contribution in [1.29, 1.82) is 0 Å². The van der Waals surface area contributed by atoms with Crippen molar-refractivity contribution in [3.8, 4) is 0 Å². The minimum absolute atomic E-state index is 0.108. The van der Waals surface area contributed by atoms with Gasteiger partial charge in [-0.2, -0.15) is 0 Å². The predicted molar refractivity (Wildman–Crippen MR) is 69.4 cm³/mol. The molecule has 0 aliphatic rings. The highest BCUT2D eigenvalue weighted by molar-refractivity contribution is 7.89. The summed E-state index contributed by atoms with van der Waals surface area (Å²) in [6, 6.07) is 2.73. The Bertz CT molecular complexity index is 515. The number of hydrogen-bond acceptors (Lipinski definition) is 3. The van der Waals surface area contributed by atoms with Gasteiger partial charge in [0.15, 0.2) is 0 Å². The molecule has 2 N–H and O–H groups in total. The molecule has 1 aromatic rings. The fraction of sp³-hybridized carbons (Fsp3) is 0.500. The van der Waals surface area contributed by atoms with Gasteiger partial charge in [-0.25, -0.2) is 17.5 Å². The molecule has 4 nitrogen and oxygen atoms in total. The maximum absolute atomic E-state index is 13.8. The number of sulfonamides is 1. The van der Waals surface area contributed by atoms with Gasteiger partial charge in [-0.05, 0) is 31.2 Å². The van der Waals surface area contributed by atoms with Crippen LogP contribution in [0.1, 0.15) is 25.0 Å². The third-order valence-corrected chi connectivity index (χ3v) is 4.04. The van der Waals surface area contributed by atoms with Crippen molar-refractivity contribution in [2.75, 3.05) is 13.1 Å². The average molecular weight is 274 g/mol. The van der Waals surface area contributed by atoms with Gasteiger partial charge in [0.25, 0.3) is 0 Å². The number of hydrogen-bond donors (Lipinski definition) is 2. The quantitative estimate of drug-likeness (QED) is 0.827. The van der Waals surface area contributed by atoms with Crippen molar-refractivity contribution in [3.05, 3.63) is 29.1 Å². The van der Waals surface area contributed by atoms with Crippen molar-refractivity contribution in [3.63, 3.8) is 0 Å². The van der Waals surface area contributed by atoms with E-state index in [2.05, 4.69) is 10.0 Å². The maximum atomic E-state index is 13.8. The molecule has 18 heavy (non-hydrogen) atoms. The summed E-state index contributed by atoms with van der Waals surface area (Å²) in [5, 5.41) is 2.99. The van der Waals surface area contributed by atoms with Gasteiger partial charge in [0, 0.05) is 18.7 Å². The molecule has 102 valence electrons. The van der Waals surface area contributed by atoms with E-state index in [1.807, 2.05) is 6.92 Å². The van der Waals surface area contributed by atoms with Crippen LogP contribution >= 0.6 is 0 Å². The molecule has 0 saturated heterocycles. The summed E-state index contributed by atoms with van der Waals surface area (Å²) < 4.78 is 40.0. The number of nitrogens with one attached hydrogen (secondary N) is 2. The molecular weight excluding hydrogens is 255 g/mol. The molecule has 0 spiro atoms. The van der Waals surface area contributed by atoms with Crippen LogP contribution in [0.25, 0.3) is 0 Å². The van der Waals surface area contributed by atoms with Gasteiger partial charge in [-0.3, -0.25) is 0 Å². The first-order chi connectivity index (χ1) is 8.42. The molecule has 0 fully saturated rings. The average Bonchev–Trinajstić information content (AvgIpc) is 2.30. The van der Waals surface area contributed by atoms with E-state index < -0.39 is 10.0 Å². The number of rotatable bonds is 6. The standard InChI is InChI=1S/C12H19FN2O2S/c1-4-14-8-10-7-11(6-9(3)12(10)13)18(16,17)15-5-2/h6-7,14-15H,4-5,8H2,1-3H3. The Morgan fingerprint density at radius 1 is 1.22 bits per heavy atom. The Hall–Kier alpha value is -0.980. The SMILES string of the molecule is CCNCc1cc(S(=O)(=O)NCC)cc(C)c1F. The first kappa shape index (κ1) is 15.1. The highest BCUT2D eigenvalue weighted by atomic mass is 32.2. The van der Waals surface area contributed by atoms with E-state index in [0.29, 0.717) is 30.8 Å². The van der Waals surface area contributed by atoms with Crippen LogP contribution in [0.15, 0.2) is 17.0 Å². The summed E-state index contributed by atoms with van der Waals surface area (Å²) in [6.45, 7) is 6.50. The van der Waals surface area contributed by atoms with Gasteiger partial charge in [0.1, 0.15) is 5.82 Å². The lowest BCUT2D eigenvalue weighted by molar-refractivity contribution is 0.574. The van der Waals surface area contributed by atoms with Gasteiger partial charge in [0.05, 0.1) is 4.90 Å². The van der Waals surface area contributed by atoms with E-state index in [9.17, 15) is 12.8 Å². The fourth-order valence-electron chi connectivity index (χ4n) is 1.62. The number of benzene rings is 1. The smallest absolute Gasteiger partial charge is 0.240 e. The van der Waals surface area contributed by atoms with Crippen molar-refractivity contribution in [1.82, 2.24) is 10.0 Å². The molecule has 0 unspecified atom stereocenters. The van der Waals surface area contributed by atoms with Crippen LogP contribution in [0.2, 0.25) is 0 Å². The zero-order valence-corrected chi connectivity index (χ0v) is 11.7. The molecule has 0 aromatic heterocycles. The van der Waals surface area contributed by atoms with Crippen LogP contribution in [-0.2, 0) is 16.6 Å². The van der Waals surface area contributed by atoms with E-state index in [-0.39, 0.29) is 10.7 Å². The van der Waals surface area contributed by atoms with Gasteiger partial charge in [-0.15, -0.1) is 0 Å². The molecule has 0 aliphatic heterocycles. The molecule has 0 atom stereocenters. The molecule has 0 heterocycles. The summed E-state index contributed by atoms with van der Waals surface area (Å²) in [5.74, 6) is -0.355. The topological polar surface area (TPSA) is 58.2 Å². The molecular formula is C12H19FN2O2S. The van der Waals surface area contributed by atoms with Crippen LogP contribution < -0.4 is 10.0 Å². The minimum atomic E-state index is -3.54. The minimum Gasteiger partial charge on any atom is -0.313 e. The lowest BCUT2D eigenvalue weighted by Crippen LogP contribution is -2.24. The van der Waals surface area contributed by atoms with Crippen LogP contribution in [0, 0.1) is 12.7 Å². The Labute approximate surface area is 108 Å². The van der Waals surface area contributed by atoms with Crippen LogP contribution in [-0.4, -0.2) is 21.5 Å². The van der Waals surface area contributed by atoms with Gasteiger partial charge in [0.2, 0.25) is 10.0 Å². The summed E-state index contributed by atoms with van der Waals surface area (Å²) >= 11 is 0. The summed E-state index contributed by atoms with van der Waals surface area (Å²) in [5.41, 5.74) is 0.704. The lowest BCUT2D eigenvalue weighted by Gasteiger charge is -2.11. The third kappa shape index (κ3) is 3.51.